The Kier molecular flexibility index (Phi) is 6.25. The van der Waals surface area contributed by atoms with Crippen molar-refractivity contribution in [1.82, 2.24) is 14.8 Å². The van der Waals surface area contributed by atoms with E-state index in [-0.39, 0.29) is 5.91 Å². The number of aromatic nitrogens is 1. The molecule has 1 aliphatic heterocycles. The number of hydrogen-bond acceptors (Lipinski definition) is 5. The number of amides is 2. The number of para-hydroxylation sites is 1. The number of hydrogen-bond donors (Lipinski definition) is 1. The van der Waals surface area contributed by atoms with Gasteiger partial charge in [0.1, 0.15) is 11.4 Å². The van der Waals surface area contributed by atoms with Gasteiger partial charge in [-0.3, -0.25) is 14.6 Å². The van der Waals surface area contributed by atoms with Crippen molar-refractivity contribution in [2.24, 2.45) is 0 Å². The lowest BCUT2D eigenvalue weighted by atomic mass is 10.1. The molecule has 7 nitrogen and oxygen atoms in total. The van der Waals surface area contributed by atoms with Crippen molar-refractivity contribution >= 4 is 18.0 Å². The Morgan fingerprint density at radius 3 is 2.74 bits per heavy atom. The molecule has 0 unspecified atom stereocenters. The lowest BCUT2D eigenvalue weighted by Crippen LogP contribution is -2.48. The summed E-state index contributed by atoms with van der Waals surface area (Å²) < 4.78 is 5.37. The predicted molar refractivity (Wildman–Crippen MR) is 103 cm³/mol. The van der Waals surface area contributed by atoms with Gasteiger partial charge in [0.25, 0.3) is 5.91 Å². The van der Waals surface area contributed by atoms with Crippen LogP contribution in [-0.2, 0) is 11.2 Å². The molecule has 1 fully saturated rings. The zero-order valence-electron chi connectivity index (χ0n) is 15.4. The quantitative estimate of drug-likeness (QED) is 0.753. The second-order valence-corrected chi connectivity index (χ2v) is 6.35. The second-order valence-electron chi connectivity index (χ2n) is 6.35. The molecular formula is C20H24N4O3. The molecule has 0 bridgehead atoms. The first kappa shape index (κ1) is 18.7. The summed E-state index contributed by atoms with van der Waals surface area (Å²) in [5.74, 6) is 0.772. The molecule has 3 rings (SSSR count). The van der Waals surface area contributed by atoms with Crippen molar-refractivity contribution in [3.63, 3.8) is 0 Å². The predicted octanol–water partition coefficient (Wildman–Crippen LogP) is 1.66. The summed E-state index contributed by atoms with van der Waals surface area (Å²) >= 11 is 0. The van der Waals surface area contributed by atoms with Gasteiger partial charge in [-0.1, -0.05) is 18.2 Å². The summed E-state index contributed by atoms with van der Waals surface area (Å²) in [6.07, 6.45) is 3.27. The fourth-order valence-corrected chi connectivity index (χ4v) is 3.10. The van der Waals surface area contributed by atoms with E-state index in [2.05, 4.69) is 10.3 Å². The molecule has 2 amide bonds. The molecule has 1 aliphatic rings. The van der Waals surface area contributed by atoms with E-state index in [9.17, 15) is 9.59 Å². The Morgan fingerprint density at radius 1 is 1.22 bits per heavy atom. The molecule has 1 aromatic heterocycles. The molecule has 27 heavy (non-hydrogen) atoms. The average molecular weight is 368 g/mol. The number of ether oxygens (including phenoxy) is 1. The highest BCUT2D eigenvalue weighted by atomic mass is 16.5. The third-order valence-corrected chi connectivity index (χ3v) is 4.65. The first-order valence-electron chi connectivity index (χ1n) is 9.01. The van der Waals surface area contributed by atoms with E-state index in [1.54, 1.807) is 29.2 Å². The maximum atomic E-state index is 12.6. The van der Waals surface area contributed by atoms with Crippen LogP contribution in [0.25, 0.3) is 0 Å². The Labute approximate surface area is 158 Å². The van der Waals surface area contributed by atoms with Gasteiger partial charge in [0.15, 0.2) is 0 Å². The van der Waals surface area contributed by atoms with Gasteiger partial charge < -0.3 is 19.9 Å². The first-order valence-corrected chi connectivity index (χ1v) is 9.01. The fourth-order valence-electron chi connectivity index (χ4n) is 3.10. The molecule has 2 heterocycles. The number of piperazine rings is 1. The Hall–Kier alpha value is -3.09. The number of nitrogens with one attached hydrogen (secondary N) is 1. The monoisotopic (exact) mass is 368 g/mol. The summed E-state index contributed by atoms with van der Waals surface area (Å²) in [6.45, 7) is 2.91. The van der Waals surface area contributed by atoms with E-state index < -0.39 is 0 Å². The minimum absolute atomic E-state index is 0.103. The lowest BCUT2D eigenvalue weighted by molar-refractivity contribution is -0.119. The molecular weight excluding hydrogens is 344 g/mol. The number of anilines is 1. The lowest BCUT2D eigenvalue weighted by Gasteiger charge is -2.32. The van der Waals surface area contributed by atoms with Crippen LogP contribution in [-0.4, -0.2) is 66.9 Å². The van der Waals surface area contributed by atoms with Crippen LogP contribution < -0.4 is 10.1 Å². The van der Waals surface area contributed by atoms with Crippen LogP contribution in [0, 0.1) is 0 Å². The zero-order valence-corrected chi connectivity index (χ0v) is 15.4. The normalized spacial score (nSPS) is 14.0. The molecule has 142 valence electrons. The molecule has 0 atom stereocenters. The molecule has 2 aromatic rings. The largest absolute Gasteiger partial charge is 0.496 e. The van der Waals surface area contributed by atoms with E-state index in [4.69, 9.17) is 4.74 Å². The van der Waals surface area contributed by atoms with Crippen LogP contribution in [0.15, 0.2) is 42.6 Å². The van der Waals surface area contributed by atoms with Crippen molar-refractivity contribution in [2.75, 3.05) is 45.2 Å². The zero-order chi connectivity index (χ0) is 19.1. The van der Waals surface area contributed by atoms with Gasteiger partial charge in [0, 0.05) is 44.6 Å². The second kappa shape index (κ2) is 9.02. The smallest absolute Gasteiger partial charge is 0.272 e. The first-order chi connectivity index (χ1) is 13.2. The van der Waals surface area contributed by atoms with Gasteiger partial charge in [-0.2, -0.15) is 0 Å². The summed E-state index contributed by atoms with van der Waals surface area (Å²) in [4.78, 5) is 31.0. The van der Waals surface area contributed by atoms with Crippen LogP contribution in [0.4, 0.5) is 5.69 Å². The van der Waals surface area contributed by atoms with E-state index in [0.29, 0.717) is 31.9 Å². The number of benzene rings is 1. The number of carbonyl (C=O) groups excluding carboxylic acids is 2. The highest BCUT2D eigenvalue weighted by Gasteiger charge is 2.22. The fraction of sp³-hybridized carbons (Fsp3) is 0.350. The van der Waals surface area contributed by atoms with Crippen molar-refractivity contribution in [3.8, 4) is 5.75 Å². The standard InChI is InChI=1S/C20H24N4O3/c1-27-19-5-3-2-4-16(19)6-8-21-17-7-9-22-18(14-17)20(26)24-12-10-23(15-25)11-13-24/h2-5,7,9,14-15H,6,8,10-13H2,1H3,(H,21,22). The maximum Gasteiger partial charge on any atom is 0.272 e. The topological polar surface area (TPSA) is 74.8 Å². The molecule has 0 radical (unpaired) electrons. The number of carbonyl (C=O) groups is 2. The van der Waals surface area contributed by atoms with Gasteiger partial charge in [-0.05, 0) is 30.2 Å². The minimum Gasteiger partial charge on any atom is -0.496 e. The van der Waals surface area contributed by atoms with Crippen LogP contribution >= 0.6 is 0 Å². The van der Waals surface area contributed by atoms with Crippen LogP contribution in [0.5, 0.6) is 5.75 Å². The van der Waals surface area contributed by atoms with Crippen molar-refractivity contribution < 1.29 is 14.3 Å². The van der Waals surface area contributed by atoms with Crippen LogP contribution in [0.3, 0.4) is 0 Å². The molecule has 1 aromatic carbocycles. The summed E-state index contributed by atoms with van der Waals surface area (Å²) in [6, 6.07) is 11.6. The Bertz CT molecular complexity index is 788. The van der Waals surface area contributed by atoms with Gasteiger partial charge in [-0.25, -0.2) is 0 Å². The molecule has 1 N–H and O–H groups in total. The van der Waals surface area contributed by atoms with Crippen molar-refractivity contribution in [3.05, 3.63) is 53.9 Å². The Morgan fingerprint density at radius 2 is 2.00 bits per heavy atom. The molecule has 0 aliphatic carbocycles. The van der Waals surface area contributed by atoms with E-state index in [1.165, 1.54) is 0 Å². The van der Waals surface area contributed by atoms with Crippen LogP contribution in [0.1, 0.15) is 16.1 Å². The summed E-state index contributed by atoms with van der Waals surface area (Å²) in [5, 5.41) is 3.34. The maximum absolute atomic E-state index is 12.6. The molecule has 7 heteroatoms. The molecule has 0 saturated carbocycles. The SMILES string of the molecule is COc1ccccc1CCNc1ccnc(C(=O)N2CCN(C=O)CC2)c1. The van der Waals surface area contributed by atoms with Crippen molar-refractivity contribution in [1.29, 1.82) is 0 Å². The van der Waals surface area contributed by atoms with Gasteiger partial charge in [0.05, 0.1) is 7.11 Å². The average Bonchev–Trinajstić information content (AvgIpc) is 2.74. The van der Waals surface area contributed by atoms with Crippen LogP contribution in [0.2, 0.25) is 0 Å². The number of pyridine rings is 1. The summed E-state index contributed by atoms with van der Waals surface area (Å²) in [7, 11) is 1.67. The minimum atomic E-state index is -0.103. The number of nitrogens with zero attached hydrogens (tertiary/aromatic N) is 3. The molecule has 0 spiro atoms. The Balaban J connectivity index is 1.57. The van der Waals surface area contributed by atoms with Crippen molar-refractivity contribution in [2.45, 2.75) is 6.42 Å². The van der Waals surface area contributed by atoms with Gasteiger partial charge in [0.2, 0.25) is 6.41 Å². The van der Waals surface area contributed by atoms with Gasteiger partial charge in [-0.15, -0.1) is 0 Å². The third kappa shape index (κ3) is 4.75. The van der Waals surface area contributed by atoms with E-state index in [1.807, 2.05) is 30.3 Å². The third-order valence-electron chi connectivity index (χ3n) is 4.65. The highest BCUT2D eigenvalue weighted by molar-refractivity contribution is 5.93. The number of rotatable bonds is 7. The summed E-state index contributed by atoms with van der Waals surface area (Å²) in [5.41, 5.74) is 2.40. The van der Waals surface area contributed by atoms with Gasteiger partial charge >= 0.3 is 0 Å². The number of methoxy groups -OCH3 is 1. The van der Waals surface area contributed by atoms with E-state index >= 15 is 0 Å². The molecule has 1 saturated heterocycles. The highest BCUT2D eigenvalue weighted by Crippen LogP contribution is 2.18. The van der Waals surface area contributed by atoms with E-state index in [0.717, 1.165) is 36.4 Å².